The Hall–Kier alpha value is -2.17. The van der Waals surface area contributed by atoms with E-state index in [0.29, 0.717) is 18.0 Å². The molecule has 3 nitrogen and oxygen atoms in total. The fourth-order valence-corrected chi connectivity index (χ4v) is 3.55. The zero-order valence-corrected chi connectivity index (χ0v) is 14.8. The second-order valence-corrected chi connectivity index (χ2v) is 7.22. The Morgan fingerprint density at radius 1 is 1.08 bits per heavy atom. The van der Waals surface area contributed by atoms with Crippen LogP contribution < -0.4 is 11.1 Å². The van der Waals surface area contributed by atoms with Crippen molar-refractivity contribution < 1.29 is 4.79 Å². The van der Waals surface area contributed by atoms with Crippen molar-refractivity contribution in [3.8, 4) is 0 Å². The van der Waals surface area contributed by atoms with Crippen LogP contribution in [0.2, 0.25) is 0 Å². The Morgan fingerprint density at radius 2 is 1.79 bits per heavy atom. The Morgan fingerprint density at radius 3 is 2.50 bits per heavy atom. The Labute approximate surface area is 146 Å². The van der Waals surface area contributed by atoms with E-state index in [2.05, 4.69) is 31.3 Å². The summed E-state index contributed by atoms with van der Waals surface area (Å²) < 4.78 is 1.12. The van der Waals surface area contributed by atoms with Crippen LogP contribution >= 0.6 is 11.3 Å². The summed E-state index contributed by atoms with van der Waals surface area (Å²) in [5.74, 6) is 0.425. The standard InChI is InChI=1S/C20H22N2OS/c1-13(2)14-6-8-15(9-7-14)18(21)12-22-20(23)17-4-3-5-19-16(17)10-11-24-19/h3-11,13,18H,12,21H2,1-2H3,(H,22,23)/t18-/m0/s1. The topological polar surface area (TPSA) is 55.1 Å². The first kappa shape index (κ1) is 16.7. The molecule has 0 aliphatic rings. The van der Waals surface area contributed by atoms with Gasteiger partial charge in [0.25, 0.3) is 5.91 Å². The van der Waals surface area contributed by atoms with Crippen LogP contribution in [-0.4, -0.2) is 12.5 Å². The van der Waals surface area contributed by atoms with Gasteiger partial charge >= 0.3 is 0 Å². The Balaban J connectivity index is 1.66. The molecular formula is C20H22N2OS. The van der Waals surface area contributed by atoms with Crippen LogP contribution in [0.1, 0.15) is 47.3 Å². The fraction of sp³-hybridized carbons (Fsp3) is 0.250. The SMILES string of the molecule is CC(C)c1ccc([C@@H](N)CNC(=O)c2cccc3sccc23)cc1. The molecule has 0 saturated heterocycles. The van der Waals surface area contributed by atoms with Crippen LogP contribution in [0.5, 0.6) is 0 Å². The van der Waals surface area contributed by atoms with E-state index in [1.165, 1.54) is 5.56 Å². The van der Waals surface area contributed by atoms with Gasteiger partial charge in [-0.05, 0) is 40.6 Å². The molecule has 0 bridgehead atoms. The number of nitrogens with two attached hydrogens (primary N) is 1. The zero-order valence-electron chi connectivity index (χ0n) is 14.0. The van der Waals surface area contributed by atoms with Crippen molar-refractivity contribution in [2.75, 3.05) is 6.54 Å². The monoisotopic (exact) mass is 338 g/mol. The van der Waals surface area contributed by atoms with Gasteiger partial charge in [0, 0.05) is 28.2 Å². The third-order valence-electron chi connectivity index (χ3n) is 4.25. The lowest BCUT2D eigenvalue weighted by Gasteiger charge is -2.15. The molecule has 0 radical (unpaired) electrons. The Kier molecular flexibility index (Phi) is 4.97. The van der Waals surface area contributed by atoms with Gasteiger partial charge in [-0.1, -0.05) is 44.2 Å². The molecular weight excluding hydrogens is 316 g/mol. The van der Waals surface area contributed by atoms with Crippen molar-refractivity contribution in [1.82, 2.24) is 5.32 Å². The van der Waals surface area contributed by atoms with E-state index in [4.69, 9.17) is 5.73 Å². The fourth-order valence-electron chi connectivity index (χ4n) is 2.74. The molecule has 0 aliphatic heterocycles. The third kappa shape index (κ3) is 3.50. The van der Waals surface area contributed by atoms with E-state index in [1.54, 1.807) is 11.3 Å². The maximum absolute atomic E-state index is 12.5. The van der Waals surface area contributed by atoms with Gasteiger partial charge < -0.3 is 11.1 Å². The first-order valence-corrected chi connectivity index (χ1v) is 9.04. The molecule has 1 amide bonds. The number of thiophene rings is 1. The van der Waals surface area contributed by atoms with Gasteiger partial charge in [0.05, 0.1) is 0 Å². The second-order valence-electron chi connectivity index (χ2n) is 6.28. The van der Waals surface area contributed by atoms with Gasteiger partial charge in [-0.15, -0.1) is 11.3 Å². The van der Waals surface area contributed by atoms with E-state index in [0.717, 1.165) is 15.6 Å². The van der Waals surface area contributed by atoms with Gasteiger partial charge in [0.15, 0.2) is 0 Å². The summed E-state index contributed by atoms with van der Waals surface area (Å²) in [4.78, 5) is 12.5. The molecule has 24 heavy (non-hydrogen) atoms. The van der Waals surface area contributed by atoms with Gasteiger partial charge in [-0.25, -0.2) is 0 Å². The lowest BCUT2D eigenvalue weighted by Crippen LogP contribution is -2.32. The number of nitrogens with one attached hydrogen (secondary N) is 1. The predicted molar refractivity (Wildman–Crippen MR) is 102 cm³/mol. The molecule has 2 aromatic carbocycles. The van der Waals surface area contributed by atoms with Crippen molar-refractivity contribution in [1.29, 1.82) is 0 Å². The summed E-state index contributed by atoms with van der Waals surface area (Å²) in [6.07, 6.45) is 0. The number of amides is 1. The number of carbonyl (C=O) groups is 1. The van der Waals surface area contributed by atoms with Crippen molar-refractivity contribution in [3.63, 3.8) is 0 Å². The highest BCUT2D eigenvalue weighted by Gasteiger charge is 2.13. The van der Waals surface area contributed by atoms with E-state index in [9.17, 15) is 4.79 Å². The van der Waals surface area contributed by atoms with Crippen molar-refractivity contribution >= 4 is 27.3 Å². The van der Waals surface area contributed by atoms with E-state index < -0.39 is 0 Å². The summed E-state index contributed by atoms with van der Waals surface area (Å²) in [6.45, 7) is 4.75. The first-order chi connectivity index (χ1) is 11.6. The van der Waals surface area contributed by atoms with E-state index in [-0.39, 0.29) is 11.9 Å². The molecule has 0 saturated carbocycles. The van der Waals surface area contributed by atoms with Crippen LogP contribution in [0.25, 0.3) is 10.1 Å². The number of carbonyl (C=O) groups excluding carboxylic acids is 1. The average molecular weight is 338 g/mol. The molecule has 4 heteroatoms. The molecule has 124 valence electrons. The Bertz CT molecular complexity index is 836. The minimum atomic E-state index is -0.211. The molecule has 1 heterocycles. The van der Waals surface area contributed by atoms with Crippen LogP contribution in [-0.2, 0) is 0 Å². The number of benzene rings is 2. The van der Waals surface area contributed by atoms with Gasteiger partial charge in [-0.3, -0.25) is 4.79 Å². The van der Waals surface area contributed by atoms with Crippen LogP contribution in [0.3, 0.4) is 0 Å². The highest BCUT2D eigenvalue weighted by molar-refractivity contribution is 7.17. The summed E-state index contributed by atoms with van der Waals surface area (Å²) in [5.41, 5.74) is 9.26. The molecule has 3 rings (SSSR count). The number of rotatable bonds is 5. The number of hydrogen-bond acceptors (Lipinski definition) is 3. The van der Waals surface area contributed by atoms with Crippen molar-refractivity contribution in [2.45, 2.75) is 25.8 Å². The predicted octanol–water partition coefficient (Wildman–Crippen LogP) is 4.45. The van der Waals surface area contributed by atoms with Gasteiger partial charge in [0.2, 0.25) is 0 Å². The maximum Gasteiger partial charge on any atom is 0.252 e. The van der Waals surface area contributed by atoms with Crippen molar-refractivity contribution in [3.05, 3.63) is 70.6 Å². The lowest BCUT2D eigenvalue weighted by molar-refractivity contribution is 0.0953. The summed E-state index contributed by atoms with van der Waals surface area (Å²) in [6, 6.07) is 15.9. The van der Waals surface area contributed by atoms with Gasteiger partial charge in [-0.2, -0.15) is 0 Å². The summed E-state index contributed by atoms with van der Waals surface area (Å²) >= 11 is 1.64. The summed E-state index contributed by atoms with van der Waals surface area (Å²) in [5, 5.41) is 5.96. The largest absolute Gasteiger partial charge is 0.350 e. The third-order valence-corrected chi connectivity index (χ3v) is 5.14. The van der Waals surface area contributed by atoms with E-state index >= 15 is 0 Å². The smallest absolute Gasteiger partial charge is 0.252 e. The quantitative estimate of drug-likeness (QED) is 0.722. The second kappa shape index (κ2) is 7.16. The molecule has 0 spiro atoms. The first-order valence-electron chi connectivity index (χ1n) is 8.16. The molecule has 0 unspecified atom stereocenters. The molecule has 0 fully saturated rings. The maximum atomic E-state index is 12.5. The lowest BCUT2D eigenvalue weighted by atomic mass is 9.99. The van der Waals surface area contributed by atoms with E-state index in [1.807, 2.05) is 41.8 Å². The minimum Gasteiger partial charge on any atom is -0.350 e. The zero-order chi connectivity index (χ0) is 17.1. The molecule has 0 aliphatic carbocycles. The highest BCUT2D eigenvalue weighted by Crippen LogP contribution is 2.24. The normalized spacial score (nSPS) is 12.5. The molecule has 1 atom stereocenters. The van der Waals surface area contributed by atoms with Crippen LogP contribution in [0.4, 0.5) is 0 Å². The highest BCUT2D eigenvalue weighted by atomic mass is 32.1. The number of hydrogen-bond donors (Lipinski definition) is 2. The van der Waals surface area contributed by atoms with Crippen LogP contribution in [0.15, 0.2) is 53.9 Å². The average Bonchev–Trinajstić information content (AvgIpc) is 3.08. The molecule has 1 aromatic heterocycles. The van der Waals surface area contributed by atoms with Crippen LogP contribution in [0, 0.1) is 0 Å². The van der Waals surface area contributed by atoms with Gasteiger partial charge in [0.1, 0.15) is 0 Å². The number of fused-ring (bicyclic) bond motifs is 1. The molecule has 3 N–H and O–H groups in total. The van der Waals surface area contributed by atoms with Crippen molar-refractivity contribution in [2.24, 2.45) is 5.73 Å². The summed E-state index contributed by atoms with van der Waals surface area (Å²) in [7, 11) is 0. The minimum absolute atomic E-state index is 0.0757. The molecule has 3 aromatic rings.